The first kappa shape index (κ1) is 15.6. The van der Waals surface area contributed by atoms with Gasteiger partial charge in [-0.3, -0.25) is 9.59 Å². The highest BCUT2D eigenvalue weighted by atomic mass is 16.2. The molecule has 0 aromatic heterocycles. The van der Waals surface area contributed by atoms with Crippen LogP contribution < -0.4 is 9.80 Å². The van der Waals surface area contributed by atoms with Gasteiger partial charge in [0.25, 0.3) is 0 Å². The number of amides is 2. The lowest BCUT2D eigenvalue weighted by molar-refractivity contribution is -0.117. The molecule has 26 heavy (non-hydrogen) atoms. The molecule has 2 aromatic carbocycles. The van der Waals surface area contributed by atoms with Crippen molar-refractivity contribution in [1.82, 2.24) is 0 Å². The Balaban J connectivity index is 1.72. The first-order chi connectivity index (χ1) is 12.6. The van der Waals surface area contributed by atoms with E-state index in [0.717, 1.165) is 17.8 Å². The highest BCUT2D eigenvalue weighted by Gasteiger charge is 2.54. The second-order valence-electron chi connectivity index (χ2n) is 7.74. The first-order valence-electron chi connectivity index (χ1n) is 9.33. The van der Waals surface area contributed by atoms with Crippen molar-refractivity contribution in [3.8, 4) is 0 Å². The molecule has 5 rings (SSSR count). The van der Waals surface area contributed by atoms with E-state index in [2.05, 4.69) is 36.4 Å². The van der Waals surface area contributed by atoms with Crippen molar-refractivity contribution in [3.63, 3.8) is 0 Å². The Labute approximate surface area is 153 Å². The summed E-state index contributed by atoms with van der Waals surface area (Å²) in [4.78, 5) is 28.7. The van der Waals surface area contributed by atoms with Crippen molar-refractivity contribution >= 4 is 23.2 Å². The number of para-hydroxylation sites is 2. The van der Waals surface area contributed by atoms with Gasteiger partial charge in [0.15, 0.2) is 0 Å². The van der Waals surface area contributed by atoms with E-state index >= 15 is 0 Å². The minimum atomic E-state index is 0.0734. The predicted molar refractivity (Wildman–Crippen MR) is 101 cm³/mol. The lowest BCUT2D eigenvalue weighted by Crippen LogP contribution is -2.49. The maximum Gasteiger partial charge on any atom is 0.224 e. The summed E-state index contributed by atoms with van der Waals surface area (Å²) in [6.45, 7) is 3.98. The van der Waals surface area contributed by atoms with Gasteiger partial charge in [-0.2, -0.15) is 0 Å². The monoisotopic (exact) mass is 346 g/mol. The van der Waals surface area contributed by atoms with Crippen molar-refractivity contribution in [3.05, 3.63) is 59.7 Å². The van der Waals surface area contributed by atoms with Gasteiger partial charge in [-0.05, 0) is 41.5 Å². The van der Waals surface area contributed by atoms with E-state index in [1.54, 1.807) is 13.8 Å². The number of hydrogen-bond acceptors (Lipinski definition) is 2. The summed E-state index contributed by atoms with van der Waals surface area (Å²) in [6, 6.07) is 16.8. The second kappa shape index (κ2) is 5.44. The van der Waals surface area contributed by atoms with Crippen molar-refractivity contribution in [2.75, 3.05) is 16.3 Å². The molecule has 0 unspecified atom stereocenters. The Morgan fingerprint density at radius 1 is 0.885 bits per heavy atom. The Morgan fingerprint density at radius 3 is 2.23 bits per heavy atom. The number of hydrogen-bond donors (Lipinski definition) is 0. The van der Waals surface area contributed by atoms with Crippen LogP contribution >= 0.6 is 0 Å². The molecule has 2 amide bonds. The molecule has 2 aliphatic heterocycles. The molecule has 4 atom stereocenters. The fraction of sp³-hybridized carbons (Fsp3) is 0.364. The fourth-order valence-electron chi connectivity index (χ4n) is 5.64. The van der Waals surface area contributed by atoms with E-state index in [4.69, 9.17) is 0 Å². The lowest BCUT2D eigenvalue weighted by Gasteiger charge is -2.40. The fourth-order valence-corrected chi connectivity index (χ4v) is 5.64. The highest BCUT2D eigenvalue weighted by molar-refractivity contribution is 5.96. The molecule has 0 N–H and O–H groups in total. The van der Waals surface area contributed by atoms with Gasteiger partial charge in [0, 0.05) is 43.7 Å². The van der Waals surface area contributed by atoms with Crippen LogP contribution in [0.15, 0.2) is 48.5 Å². The van der Waals surface area contributed by atoms with E-state index in [9.17, 15) is 9.59 Å². The summed E-state index contributed by atoms with van der Waals surface area (Å²) in [5.41, 5.74) is 4.63. The standard InChI is InChI=1S/C22H22N2O2/c1-13(25)23-12-18-21-11-17(22(18)16-8-4-5-9-19(16)23)15-7-3-6-10-20(15)24(21)14(2)26/h3-10,17-18,21-22H,11-12H2,1-2H3/t17-,18-,21-,22+/m0/s1. The third-order valence-corrected chi connectivity index (χ3v) is 6.51. The predicted octanol–water partition coefficient (Wildman–Crippen LogP) is 3.68. The maximum atomic E-state index is 12.5. The molecular formula is C22H22N2O2. The number of benzene rings is 2. The van der Waals surface area contributed by atoms with E-state index in [-0.39, 0.29) is 23.8 Å². The molecule has 1 saturated carbocycles. The van der Waals surface area contributed by atoms with Gasteiger partial charge in [-0.1, -0.05) is 36.4 Å². The second-order valence-corrected chi connectivity index (χ2v) is 7.74. The molecule has 2 heterocycles. The van der Waals surface area contributed by atoms with E-state index < -0.39 is 0 Å². The van der Waals surface area contributed by atoms with Crippen molar-refractivity contribution in [2.45, 2.75) is 38.1 Å². The molecule has 132 valence electrons. The molecule has 0 saturated heterocycles. The summed E-state index contributed by atoms with van der Waals surface area (Å²) in [7, 11) is 0. The smallest absolute Gasteiger partial charge is 0.224 e. The topological polar surface area (TPSA) is 40.6 Å². The Bertz CT molecular complexity index is 922. The van der Waals surface area contributed by atoms with Crippen LogP contribution in [-0.2, 0) is 9.59 Å². The molecule has 1 aliphatic carbocycles. The molecular weight excluding hydrogens is 324 g/mol. The Hall–Kier alpha value is -2.62. The molecule has 4 nitrogen and oxygen atoms in total. The minimum Gasteiger partial charge on any atom is -0.312 e. The number of anilines is 2. The van der Waals surface area contributed by atoms with Crippen LogP contribution in [0.3, 0.4) is 0 Å². The van der Waals surface area contributed by atoms with Crippen LogP contribution in [0.4, 0.5) is 11.4 Å². The number of nitrogens with zero attached hydrogens (tertiary/aromatic N) is 2. The van der Waals surface area contributed by atoms with Gasteiger partial charge in [0.1, 0.15) is 0 Å². The van der Waals surface area contributed by atoms with Crippen LogP contribution in [0.2, 0.25) is 0 Å². The highest BCUT2D eigenvalue weighted by Crippen LogP contribution is 2.60. The zero-order valence-corrected chi connectivity index (χ0v) is 15.1. The van der Waals surface area contributed by atoms with Crippen LogP contribution in [0.1, 0.15) is 43.2 Å². The minimum absolute atomic E-state index is 0.0734. The molecule has 3 aliphatic rings. The summed E-state index contributed by atoms with van der Waals surface area (Å²) in [5.74, 6) is 1.21. The average Bonchev–Trinajstić information content (AvgIpc) is 2.96. The molecule has 1 fully saturated rings. The van der Waals surface area contributed by atoms with Gasteiger partial charge >= 0.3 is 0 Å². The number of carbonyl (C=O) groups excluding carboxylic acids is 2. The Kier molecular flexibility index (Phi) is 3.27. The summed E-state index contributed by atoms with van der Waals surface area (Å²) in [5, 5.41) is 0. The molecule has 2 aromatic rings. The normalized spacial score (nSPS) is 28.2. The van der Waals surface area contributed by atoms with Crippen molar-refractivity contribution < 1.29 is 9.59 Å². The quantitative estimate of drug-likeness (QED) is 0.730. The number of fused-ring (bicyclic) bond motifs is 9. The maximum absolute atomic E-state index is 12.5. The first-order valence-corrected chi connectivity index (χ1v) is 9.33. The van der Waals surface area contributed by atoms with E-state index in [0.29, 0.717) is 18.4 Å². The molecule has 0 spiro atoms. The van der Waals surface area contributed by atoms with Crippen molar-refractivity contribution in [1.29, 1.82) is 0 Å². The van der Waals surface area contributed by atoms with Gasteiger partial charge in [-0.25, -0.2) is 0 Å². The van der Waals surface area contributed by atoms with Crippen LogP contribution in [-0.4, -0.2) is 24.4 Å². The zero-order valence-electron chi connectivity index (χ0n) is 15.1. The van der Waals surface area contributed by atoms with Gasteiger partial charge in [-0.15, -0.1) is 0 Å². The lowest BCUT2D eigenvalue weighted by atomic mass is 9.77. The zero-order chi connectivity index (χ0) is 18.0. The summed E-state index contributed by atoms with van der Waals surface area (Å²) >= 11 is 0. The summed E-state index contributed by atoms with van der Waals surface area (Å²) < 4.78 is 0. The SMILES string of the molecule is CC(=O)N1C[C@@H]2[C@H](c3ccccc31)[C@H]1C[C@@H]2N(C(C)=O)c2ccccc21. The van der Waals surface area contributed by atoms with Crippen molar-refractivity contribution in [2.24, 2.45) is 5.92 Å². The summed E-state index contributed by atoms with van der Waals surface area (Å²) in [6.07, 6.45) is 0.978. The van der Waals surface area contributed by atoms with Gasteiger partial charge in [0.2, 0.25) is 11.8 Å². The van der Waals surface area contributed by atoms with Crippen LogP contribution in [0.5, 0.6) is 0 Å². The van der Waals surface area contributed by atoms with Gasteiger partial charge < -0.3 is 9.80 Å². The average molecular weight is 346 g/mol. The van der Waals surface area contributed by atoms with Crippen LogP contribution in [0.25, 0.3) is 0 Å². The van der Waals surface area contributed by atoms with Crippen LogP contribution in [0, 0.1) is 5.92 Å². The van der Waals surface area contributed by atoms with E-state index in [1.807, 2.05) is 21.9 Å². The number of rotatable bonds is 0. The molecule has 4 heteroatoms. The third-order valence-electron chi connectivity index (χ3n) is 6.51. The Morgan fingerprint density at radius 2 is 1.54 bits per heavy atom. The third kappa shape index (κ3) is 1.96. The largest absolute Gasteiger partial charge is 0.312 e. The van der Waals surface area contributed by atoms with Gasteiger partial charge in [0.05, 0.1) is 0 Å². The van der Waals surface area contributed by atoms with E-state index in [1.165, 1.54) is 11.1 Å². The number of carbonyl (C=O) groups is 2. The molecule has 0 radical (unpaired) electrons. The molecule has 2 bridgehead atoms.